The Morgan fingerprint density at radius 1 is 0.952 bits per heavy atom. The van der Waals surface area contributed by atoms with E-state index in [9.17, 15) is 8.42 Å². The number of benzene rings is 2. The lowest BCUT2D eigenvalue weighted by molar-refractivity contribution is 0.328. The van der Waals surface area contributed by atoms with E-state index in [1.807, 2.05) is 67.6 Å². The van der Waals surface area contributed by atoms with E-state index in [0.717, 1.165) is 11.1 Å². The minimum absolute atomic E-state index is 0.206. The molecular weight excluding hydrogens is 284 g/mol. The number of rotatable bonds is 6. The predicted molar refractivity (Wildman–Crippen MR) is 84.7 cm³/mol. The second kappa shape index (κ2) is 6.85. The van der Waals surface area contributed by atoms with Crippen LogP contribution in [0.5, 0.6) is 0 Å². The Morgan fingerprint density at radius 3 is 1.90 bits per heavy atom. The molecule has 0 aliphatic rings. The molecule has 4 nitrogen and oxygen atoms in total. The molecule has 2 aromatic rings. The molecule has 0 heterocycles. The number of nitrogens with zero attached hydrogens (tertiary/aromatic N) is 1. The van der Waals surface area contributed by atoms with Crippen LogP contribution in [0.3, 0.4) is 0 Å². The van der Waals surface area contributed by atoms with Gasteiger partial charge >= 0.3 is 0 Å². The largest absolute Gasteiger partial charge is 0.277 e. The SMILES string of the molecule is C[C@@H](Cc1ccccc1)N(Cc1ccccc1)S(N)(=O)=O. The Labute approximate surface area is 126 Å². The summed E-state index contributed by atoms with van der Waals surface area (Å²) in [5, 5.41) is 5.38. The summed E-state index contributed by atoms with van der Waals surface area (Å²) >= 11 is 0. The van der Waals surface area contributed by atoms with Gasteiger partial charge in [-0.25, -0.2) is 5.14 Å². The van der Waals surface area contributed by atoms with Gasteiger partial charge in [0.1, 0.15) is 0 Å². The van der Waals surface area contributed by atoms with Crippen molar-refractivity contribution in [1.29, 1.82) is 0 Å². The van der Waals surface area contributed by atoms with Crippen LogP contribution in [-0.4, -0.2) is 18.8 Å². The van der Waals surface area contributed by atoms with Crippen molar-refractivity contribution >= 4 is 10.2 Å². The van der Waals surface area contributed by atoms with E-state index in [2.05, 4.69) is 0 Å². The predicted octanol–water partition coefficient (Wildman–Crippen LogP) is 2.32. The van der Waals surface area contributed by atoms with Gasteiger partial charge in [-0.1, -0.05) is 60.7 Å². The van der Waals surface area contributed by atoms with Crippen LogP contribution in [0.2, 0.25) is 0 Å². The van der Waals surface area contributed by atoms with Crippen molar-refractivity contribution in [3.63, 3.8) is 0 Å². The zero-order valence-corrected chi connectivity index (χ0v) is 12.8. The molecule has 0 amide bonds. The highest BCUT2D eigenvalue weighted by Gasteiger charge is 2.24. The van der Waals surface area contributed by atoms with Gasteiger partial charge < -0.3 is 0 Å². The van der Waals surface area contributed by atoms with E-state index in [1.54, 1.807) is 0 Å². The molecule has 0 spiro atoms. The molecule has 21 heavy (non-hydrogen) atoms. The van der Waals surface area contributed by atoms with Crippen LogP contribution in [0.1, 0.15) is 18.1 Å². The summed E-state index contributed by atoms with van der Waals surface area (Å²) in [5.74, 6) is 0. The third-order valence-corrected chi connectivity index (χ3v) is 4.52. The fourth-order valence-corrected chi connectivity index (χ4v) is 3.22. The van der Waals surface area contributed by atoms with Crippen LogP contribution in [-0.2, 0) is 23.2 Å². The molecule has 2 N–H and O–H groups in total. The first-order chi connectivity index (χ1) is 9.97. The Hall–Kier alpha value is -1.69. The molecule has 112 valence electrons. The van der Waals surface area contributed by atoms with Crippen LogP contribution in [0, 0.1) is 0 Å². The molecule has 2 rings (SSSR count). The maximum Gasteiger partial charge on any atom is 0.277 e. The van der Waals surface area contributed by atoms with Crippen molar-refractivity contribution in [2.75, 3.05) is 0 Å². The first-order valence-corrected chi connectivity index (χ1v) is 8.34. The van der Waals surface area contributed by atoms with Gasteiger partial charge in [-0.05, 0) is 24.5 Å². The van der Waals surface area contributed by atoms with Gasteiger partial charge in [0, 0.05) is 12.6 Å². The van der Waals surface area contributed by atoms with E-state index in [0.29, 0.717) is 6.42 Å². The first kappa shape index (κ1) is 15.7. The van der Waals surface area contributed by atoms with Gasteiger partial charge in [0.25, 0.3) is 10.2 Å². The summed E-state index contributed by atoms with van der Waals surface area (Å²) in [6.07, 6.45) is 0.629. The zero-order chi connectivity index (χ0) is 15.3. The second-order valence-corrected chi connectivity index (χ2v) is 6.61. The number of hydrogen-bond donors (Lipinski definition) is 1. The monoisotopic (exact) mass is 304 g/mol. The molecule has 0 bridgehead atoms. The molecular formula is C16H20N2O2S. The highest BCUT2D eigenvalue weighted by atomic mass is 32.2. The van der Waals surface area contributed by atoms with E-state index in [-0.39, 0.29) is 12.6 Å². The zero-order valence-electron chi connectivity index (χ0n) is 12.0. The molecule has 1 atom stereocenters. The summed E-state index contributed by atoms with van der Waals surface area (Å²) in [5.41, 5.74) is 2.01. The van der Waals surface area contributed by atoms with Gasteiger partial charge in [0.05, 0.1) is 0 Å². The van der Waals surface area contributed by atoms with Crippen molar-refractivity contribution in [1.82, 2.24) is 4.31 Å². The lowest BCUT2D eigenvalue weighted by atomic mass is 10.1. The minimum atomic E-state index is -3.75. The van der Waals surface area contributed by atoms with E-state index >= 15 is 0 Å². The molecule has 0 saturated heterocycles. The lowest BCUT2D eigenvalue weighted by Gasteiger charge is -2.26. The van der Waals surface area contributed by atoms with Crippen molar-refractivity contribution < 1.29 is 8.42 Å². The molecule has 0 unspecified atom stereocenters. The average molecular weight is 304 g/mol. The molecule has 5 heteroatoms. The molecule has 0 fully saturated rings. The molecule has 0 radical (unpaired) electrons. The third kappa shape index (κ3) is 4.67. The van der Waals surface area contributed by atoms with Crippen LogP contribution in [0.4, 0.5) is 0 Å². The average Bonchev–Trinajstić information content (AvgIpc) is 2.45. The quantitative estimate of drug-likeness (QED) is 0.890. The molecule has 0 aliphatic heterocycles. The van der Waals surface area contributed by atoms with E-state index in [1.165, 1.54) is 4.31 Å². The van der Waals surface area contributed by atoms with Crippen molar-refractivity contribution in [3.05, 3.63) is 71.8 Å². The maximum absolute atomic E-state index is 11.9. The van der Waals surface area contributed by atoms with Crippen LogP contribution in [0.15, 0.2) is 60.7 Å². The van der Waals surface area contributed by atoms with Gasteiger partial charge in [-0.2, -0.15) is 12.7 Å². The molecule has 2 aromatic carbocycles. The second-order valence-electron chi connectivity index (χ2n) is 5.11. The van der Waals surface area contributed by atoms with Gasteiger partial charge in [-0.3, -0.25) is 0 Å². The van der Waals surface area contributed by atoms with Crippen LogP contribution < -0.4 is 5.14 Å². The number of hydrogen-bond acceptors (Lipinski definition) is 2. The normalized spacial score (nSPS) is 13.3. The maximum atomic E-state index is 11.9. The standard InChI is InChI=1S/C16H20N2O2S/c1-14(12-15-8-4-2-5-9-15)18(21(17,19)20)13-16-10-6-3-7-11-16/h2-11,14H,12-13H2,1H3,(H2,17,19,20)/t14-/m0/s1. The van der Waals surface area contributed by atoms with E-state index < -0.39 is 10.2 Å². The number of nitrogens with two attached hydrogens (primary N) is 1. The Kier molecular flexibility index (Phi) is 5.12. The first-order valence-electron chi connectivity index (χ1n) is 6.84. The summed E-state index contributed by atoms with van der Waals surface area (Å²) < 4.78 is 25.1. The van der Waals surface area contributed by atoms with Crippen LogP contribution >= 0.6 is 0 Å². The molecule has 0 saturated carbocycles. The molecule has 0 aliphatic carbocycles. The van der Waals surface area contributed by atoms with Gasteiger partial charge in [0.15, 0.2) is 0 Å². The Balaban J connectivity index is 2.16. The molecule has 0 aromatic heterocycles. The summed E-state index contributed by atoms with van der Waals surface area (Å²) in [6.45, 7) is 2.16. The highest BCUT2D eigenvalue weighted by Crippen LogP contribution is 2.15. The summed E-state index contributed by atoms with van der Waals surface area (Å²) in [7, 11) is -3.75. The minimum Gasteiger partial charge on any atom is -0.216 e. The summed E-state index contributed by atoms with van der Waals surface area (Å²) in [6, 6.07) is 19.1. The fourth-order valence-electron chi connectivity index (χ4n) is 2.32. The van der Waals surface area contributed by atoms with Crippen LogP contribution in [0.25, 0.3) is 0 Å². The Morgan fingerprint density at radius 2 is 1.43 bits per heavy atom. The smallest absolute Gasteiger partial charge is 0.216 e. The topological polar surface area (TPSA) is 63.4 Å². The van der Waals surface area contributed by atoms with Crippen molar-refractivity contribution in [2.45, 2.75) is 25.9 Å². The summed E-state index contributed by atoms with van der Waals surface area (Å²) in [4.78, 5) is 0. The Bertz CT molecular complexity index is 657. The lowest BCUT2D eigenvalue weighted by Crippen LogP contribution is -2.43. The van der Waals surface area contributed by atoms with Gasteiger partial charge in [-0.15, -0.1) is 0 Å². The van der Waals surface area contributed by atoms with Crippen molar-refractivity contribution in [2.24, 2.45) is 5.14 Å². The highest BCUT2D eigenvalue weighted by molar-refractivity contribution is 7.86. The van der Waals surface area contributed by atoms with Gasteiger partial charge in [0.2, 0.25) is 0 Å². The van der Waals surface area contributed by atoms with E-state index in [4.69, 9.17) is 5.14 Å². The van der Waals surface area contributed by atoms with Crippen molar-refractivity contribution in [3.8, 4) is 0 Å². The third-order valence-electron chi connectivity index (χ3n) is 3.37. The fraction of sp³-hybridized carbons (Fsp3) is 0.250.